The highest BCUT2D eigenvalue weighted by atomic mass is 35.5. The van der Waals surface area contributed by atoms with E-state index in [9.17, 15) is 27.9 Å². The van der Waals surface area contributed by atoms with E-state index in [4.69, 9.17) is 16.3 Å². The molecule has 27 heavy (non-hydrogen) atoms. The summed E-state index contributed by atoms with van der Waals surface area (Å²) in [7, 11) is 0. The Kier molecular flexibility index (Phi) is 6.32. The number of aromatic carboxylic acids is 1. The molecule has 5 nitrogen and oxygen atoms in total. The number of hydrogen-bond donors (Lipinski definition) is 2. The highest BCUT2D eigenvalue weighted by Gasteiger charge is 2.33. The predicted molar refractivity (Wildman–Crippen MR) is 93.1 cm³/mol. The zero-order valence-corrected chi connectivity index (χ0v) is 14.8. The Morgan fingerprint density at radius 1 is 1.19 bits per heavy atom. The molecule has 0 aliphatic heterocycles. The Morgan fingerprint density at radius 3 is 2.48 bits per heavy atom. The van der Waals surface area contributed by atoms with Crippen molar-refractivity contribution in [1.29, 1.82) is 0 Å². The first-order chi connectivity index (χ1) is 12.6. The Balaban J connectivity index is 2.20. The summed E-state index contributed by atoms with van der Waals surface area (Å²) >= 11 is 5.55. The molecule has 0 atom stereocenters. The number of carboxylic acids is 1. The number of carboxylic acid groups (broad SMARTS) is 1. The van der Waals surface area contributed by atoms with Gasteiger partial charge in [0, 0.05) is 6.42 Å². The molecular formula is C18H15ClF3NO4. The van der Waals surface area contributed by atoms with Gasteiger partial charge in [0.15, 0.2) is 0 Å². The quantitative estimate of drug-likeness (QED) is 0.715. The molecule has 0 radical (unpaired) electrons. The third-order valence-corrected chi connectivity index (χ3v) is 3.89. The molecule has 0 saturated heterocycles. The molecule has 0 unspecified atom stereocenters. The highest BCUT2D eigenvalue weighted by molar-refractivity contribution is 6.31. The molecule has 2 N–H and O–H groups in total. The van der Waals surface area contributed by atoms with Gasteiger partial charge in [-0.15, -0.1) is 0 Å². The van der Waals surface area contributed by atoms with Gasteiger partial charge in [0.1, 0.15) is 12.4 Å². The van der Waals surface area contributed by atoms with Crippen molar-refractivity contribution < 1.29 is 32.6 Å². The number of halogens is 4. The van der Waals surface area contributed by atoms with Crippen molar-refractivity contribution in [3.8, 4) is 5.75 Å². The van der Waals surface area contributed by atoms with Crippen LogP contribution < -0.4 is 10.1 Å². The van der Waals surface area contributed by atoms with Crippen molar-refractivity contribution in [2.75, 3.05) is 5.32 Å². The second-order valence-electron chi connectivity index (χ2n) is 5.51. The maximum Gasteiger partial charge on any atom is 0.417 e. The van der Waals surface area contributed by atoms with Crippen LogP contribution in [0.1, 0.15) is 34.8 Å². The lowest BCUT2D eigenvalue weighted by molar-refractivity contribution is -0.137. The summed E-state index contributed by atoms with van der Waals surface area (Å²) in [6.45, 7) is 1.46. The molecule has 0 bridgehead atoms. The summed E-state index contributed by atoms with van der Waals surface area (Å²) in [4.78, 5) is 22.8. The Labute approximate surface area is 157 Å². The number of carbonyl (C=O) groups excluding carboxylic acids is 1. The fourth-order valence-electron chi connectivity index (χ4n) is 2.18. The van der Waals surface area contributed by atoms with Crippen LogP contribution in [0.2, 0.25) is 5.02 Å². The first-order valence-electron chi connectivity index (χ1n) is 7.77. The molecule has 0 heterocycles. The molecule has 9 heteroatoms. The molecule has 0 spiro atoms. The fraction of sp³-hybridized carbons (Fsp3) is 0.222. The van der Waals surface area contributed by atoms with Crippen LogP contribution in [0.15, 0.2) is 36.4 Å². The summed E-state index contributed by atoms with van der Waals surface area (Å²) in [5.74, 6) is -1.66. The summed E-state index contributed by atoms with van der Waals surface area (Å²) in [5, 5.41) is 11.3. The normalized spacial score (nSPS) is 11.1. The van der Waals surface area contributed by atoms with E-state index in [1.807, 2.05) is 0 Å². The van der Waals surface area contributed by atoms with Crippen LogP contribution in [0.25, 0.3) is 0 Å². The van der Waals surface area contributed by atoms with E-state index < -0.39 is 22.7 Å². The lowest BCUT2D eigenvalue weighted by Crippen LogP contribution is -2.13. The van der Waals surface area contributed by atoms with Gasteiger partial charge in [0.25, 0.3) is 0 Å². The Morgan fingerprint density at radius 2 is 1.89 bits per heavy atom. The summed E-state index contributed by atoms with van der Waals surface area (Å²) in [6, 6.07) is 7.33. The maximum absolute atomic E-state index is 12.9. The largest absolute Gasteiger partial charge is 0.489 e. The average molecular weight is 402 g/mol. The van der Waals surface area contributed by atoms with Crippen LogP contribution in [0.5, 0.6) is 5.75 Å². The minimum Gasteiger partial charge on any atom is -0.489 e. The monoisotopic (exact) mass is 401 g/mol. The van der Waals surface area contributed by atoms with Gasteiger partial charge in [-0.05, 0) is 35.9 Å². The van der Waals surface area contributed by atoms with E-state index in [-0.39, 0.29) is 35.9 Å². The van der Waals surface area contributed by atoms with E-state index in [1.54, 1.807) is 6.92 Å². The van der Waals surface area contributed by atoms with Gasteiger partial charge < -0.3 is 15.2 Å². The van der Waals surface area contributed by atoms with Crippen LogP contribution in [0, 0.1) is 0 Å². The lowest BCUT2D eigenvalue weighted by atomic mass is 10.1. The number of alkyl halides is 3. The van der Waals surface area contributed by atoms with Crippen LogP contribution in [-0.2, 0) is 17.6 Å². The van der Waals surface area contributed by atoms with Gasteiger partial charge in [0.05, 0.1) is 21.8 Å². The zero-order chi connectivity index (χ0) is 20.2. The molecule has 0 saturated carbocycles. The Hall–Kier alpha value is -2.74. The minimum absolute atomic E-state index is 0.0630. The average Bonchev–Trinajstić information content (AvgIpc) is 2.60. The minimum atomic E-state index is -4.62. The van der Waals surface area contributed by atoms with Crippen LogP contribution in [0.3, 0.4) is 0 Å². The van der Waals surface area contributed by atoms with Gasteiger partial charge in [-0.2, -0.15) is 13.2 Å². The van der Waals surface area contributed by atoms with Crippen molar-refractivity contribution in [3.05, 3.63) is 58.1 Å². The molecule has 2 aromatic carbocycles. The van der Waals surface area contributed by atoms with Gasteiger partial charge in [-0.3, -0.25) is 4.79 Å². The zero-order valence-electron chi connectivity index (χ0n) is 14.1. The first-order valence-corrected chi connectivity index (χ1v) is 8.15. The Bertz CT molecular complexity index is 868. The number of anilines is 1. The van der Waals surface area contributed by atoms with Crippen LogP contribution >= 0.6 is 11.6 Å². The molecule has 0 aromatic heterocycles. The maximum atomic E-state index is 12.9. The third kappa shape index (κ3) is 5.37. The van der Waals surface area contributed by atoms with Crippen LogP contribution in [0.4, 0.5) is 18.9 Å². The van der Waals surface area contributed by atoms with Gasteiger partial charge in [-0.1, -0.05) is 24.6 Å². The number of rotatable bonds is 6. The van der Waals surface area contributed by atoms with E-state index in [0.29, 0.717) is 5.56 Å². The topological polar surface area (TPSA) is 75.6 Å². The van der Waals surface area contributed by atoms with Gasteiger partial charge in [0.2, 0.25) is 5.91 Å². The van der Waals surface area contributed by atoms with Crippen molar-refractivity contribution in [1.82, 2.24) is 0 Å². The SMILES string of the molecule is CCC(=O)Nc1ccc(COc2ccc(Cl)c(C(F)(F)F)c2)cc1C(=O)O. The fourth-order valence-corrected chi connectivity index (χ4v) is 2.41. The number of benzene rings is 2. The summed E-state index contributed by atoms with van der Waals surface area (Å²) in [6.07, 6.45) is -4.44. The van der Waals surface area contributed by atoms with E-state index in [1.165, 1.54) is 24.3 Å². The van der Waals surface area contributed by atoms with E-state index in [2.05, 4.69) is 5.32 Å². The molecule has 144 valence electrons. The van der Waals surface area contributed by atoms with Crippen molar-refractivity contribution in [3.63, 3.8) is 0 Å². The van der Waals surface area contributed by atoms with E-state index in [0.717, 1.165) is 12.1 Å². The summed E-state index contributed by atoms with van der Waals surface area (Å²) in [5.41, 5.74) is -0.634. The molecule has 2 aromatic rings. The lowest BCUT2D eigenvalue weighted by Gasteiger charge is -2.13. The number of carbonyl (C=O) groups is 2. The van der Waals surface area contributed by atoms with Crippen molar-refractivity contribution in [2.24, 2.45) is 0 Å². The second-order valence-corrected chi connectivity index (χ2v) is 5.92. The smallest absolute Gasteiger partial charge is 0.417 e. The molecular weight excluding hydrogens is 387 g/mol. The van der Waals surface area contributed by atoms with E-state index >= 15 is 0 Å². The van der Waals surface area contributed by atoms with Gasteiger partial charge >= 0.3 is 12.1 Å². The first kappa shape index (κ1) is 20.6. The summed E-state index contributed by atoms with van der Waals surface area (Å²) < 4.78 is 43.9. The third-order valence-electron chi connectivity index (χ3n) is 3.56. The highest BCUT2D eigenvalue weighted by Crippen LogP contribution is 2.36. The predicted octanol–water partition coefficient (Wildman–Crippen LogP) is 4.98. The standard InChI is InChI=1S/C18H15ClF3NO4/c1-2-16(24)23-15-6-3-10(7-12(15)17(25)26)9-27-11-4-5-14(19)13(8-11)18(20,21)22/h3-8H,2,9H2,1H3,(H,23,24)(H,25,26). The van der Waals surface area contributed by atoms with Crippen LogP contribution in [-0.4, -0.2) is 17.0 Å². The second kappa shape index (κ2) is 8.30. The number of ether oxygens (including phenoxy) is 1. The number of hydrogen-bond acceptors (Lipinski definition) is 3. The van der Waals surface area contributed by atoms with Crippen molar-refractivity contribution >= 4 is 29.2 Å². The molecule has 1 amide bonds. The number of amides is 1. The molecule has 2 rings (SSSR count). The molecule has 0 aliphatic carbocycles. The molecule has 0 fully saturated rings. The molecule has 0 aliphatic rings. The van der Waals surface area contributed by atoms with Gasteiger partial charge in [-0.25, -0.2) is 4.79 Å². The van der Waals surface area contributed by atoms with Crippen molar-refractivity contribution in [2.45, 2.75) is 26.1 Å². The number of nitrogens with one attached hydrogen (secondary N) is 1.